The molecule has 0 bridgehead atoms. The Kier molecular flexibility index (Phi) is 4.91. The number of fused-ring (bicyclic) bond motifs is 2. The van der Waals surface area contributed by atoms with Gasteiger partial charge in [-0.05, 0) is 78.4 Å². The van der Waals surface area contributed by atoms with Crippen LogP contribution in [0.4, 0.5) is 0 Å². The second-order valence-electron chi connectivity index (χ2n) is 8.02. The van der Waals surface area contributed by atoms with E-state index in [1.165, 1.54) is 34.1 Å². The van der Waals surface area contributed by atoms with E-state index in [0.717, 1.165) is 31.5 Å². The molecule has 2 aromatic carbocycles. The summed E-state index contributed by atoms with van der Waals surface area (Å²) in [6.07, 6.45) is 5.23. The van der Waals surface area contributed by atoms with E-state index >= 15 is 0 Å². The van der Waals surface area contributed by atoms with Crippen LogP contribution in [0.1, 0.15) is 42.0 Å². The summed E-state index contributed by atoms with van der Waals surface area (Å²) in [6.45, 7) is 2.32. The molecule has 0 spiro atoms. The average molecular weight is 391 g/mol. The maximum absolute atomic E-state index is 13.1. The lowest BCUT2D eigenvalue weighted by molar-refractivity contribution is -0.121. The molecule has 4 heteroatoms. The average Bonchev–Trinajstić information content (AvgIpc) is 3.41. The Balaban J connectivity index is 1.40. The van der Waals surface area contributed by atoms with Gasteiger partial charge in [-0.15, -0.1) is 11.3 Å². The van der Waals surface area contributed by atoms with Crippen LogP contribution in [0.15, 0.2) is 53.9 Å². The first kappa shape index (κ1) is 17.9. The molecule has 28 heavy (non-hydrogen) atoms. The Morgan fingerprint density at radius 1 is 1.07 bits per heavy atom. The minimum absolute atomic E-state index is 0.0947. The first-order valence-corrected chi connectivity index (χ1v) is 11.2. The number of nitrogens with one attached hydrogen (secondary N) is 1. The third-order valence-corrected chi connectivity index (χ3v) is 7.23. The molecule has 3 nitrogen and oxygen atoms in total. The molecular weight excluding hydrogens is 364 g/mol. The first-order chi connectivity index (χ1) is 13.8. The summed E-state index contributed by atoms with van der Waals surface area (Å²) in [5.41, 5.74) is 3.83. The third-order valence-electron chi connectivity index (χ3n) is 6.35. The number of aryl methyl sites for hydroxylation is 1. The Morgan fingerprint density at radius 3 is 2.82 bits per heavy atom. The number of carbonyl (C=O) groups excluding carboxylic acids is 1. The Labute approximate surface area is 170 Å². The van der Waals surface area contributed by atoms with Crippen molar-refractivity contribution in [1.82, 2.24) is 10.2 Å². The predicted octanol–water partition coefficient (Wildman–Crippen LogP) is 4.71. The molecular formula is C24H26N2OS. The van der Waals surface area contributed by atoms with Crippen molar-refractivity contribution in [3.63, 3.8) is 0 Å². The van der Waals surface area contributed by atoms with Crippen LogP contribution in [-0.2, 0) is 17.6 Å². The minimum Gasteiger partial charge on any atom is -0.347 e. The molecule has 2 heterocycles. The van der Waals surface area contributed by atoms with E-state index in [4.69, 9.17) is 0 Å². The summed E-state index contributed by atoms with van der Waals surface area (Å²) in [5, 5.41) is 6.75. The van der Waals surface area contributed by atoms with Gasteiger partial charge in [-0.25, -0.2) is 0 Å². The number of benzene rings is 2. The molecule has 3 aromatic rings. The monoisotopic (exact) mass is 390 g/mol. The summed E-state index contributed by atoms with van der Waals surface area (Å²) < 4.78 is 1.25. The highest BCUT2D eigenvalue weighted by Gasteiger charge is 2.35. The fraction of sp³-hybridized carbons (Fsp3) is 0.375. The van der Waals surface area contributed by atoms with Crippen LogP contribution >= 0.6 is 11.3 Å². The van der Waals surface area contributed by atoms with Crippen LogP contribution in [0.2, 0.25) is 0 Å². The van der Waals surface area contributed by atoms with E-state index in [9.17, 15) is 4.79 Å². The fourth-order valence-electron chi connectivity index (χ4n) is 4.99. The summed E-state index contributed by atoms with van der Waals surface area (Å²) in [5.74, 6) is 0.129. The summed E-state index contributed by atoms with van der Waals surface area (Å²) >= 11 is 1.73. The molecule has 2 unspecified atom stereocenters. The number of nitrogens with zero attached hydrogens (tertiary/aromatic N) is 1. The zero-order valence-electron chi connectivity index (χ0n) is 16.1. The Morgan fingerprint density at radius 2 is 1.93 bits per heavy atom. The van der Waals surface area contributed by atoms with Gasteiger partial charge in [0.25, 0.3) is 0 Å². The SMILES string of the molecule is O=C(Cc1cccc2sccc12)NC1c2ccccc2CCC1N1CCCC1. The van der Waals surface area contributed by atoms with Gasteiger partial charge < -0.3 is 5.32 Å². The van der Waals surface area contributed by atoms with Crippen molar-refractivity contribution in [3.05, 3.63) is 70.6 Å². The third kappa shape index (κ3) is 3.36. The maximum atomic E-state index is 13.1. The fourth-order valence-corrected chi connectivity index (χ4v) is 5.83. The predicted molar refractivity (Wildman–Crippen MR) is 116 cm³/mol. The number of thiophene rings is 1. The normalized spacial score (nSPS) is 22.3. The van der Waals surface area contributed by atoms with Crippen LogP contribution in [0.25, 0.3) is 10.1 Å². The second kappa shape index (κ2) is 7.69. The largest absolute Gasteiger partial charge is 0.347 e. The standard InChI is InChI=1S/C24H26N2OS/c27-23(16-18-7-5-9-22-19(18)12-15-28-22)25-24-20-8-2-1-6-17(20)10-11-21(24)26-13-3-4-14-26/h1-2,5-9,12,15,21,24H,3-4,10-11,13-14,16H2,(H,25,27). The quantitative estimate of drug-likeness (QED) is 0.700. The summed E-state index contributed by atoms with van der Waals surface area (Å²) in [4.78, 5) is 15.7. The molecule has 0 saturated carbocycles. The highest BCUT2D eigenvalue weighted by Crippen LogP contribution is 2.35. The van der Waals surface area contributed by atoms with Gasteiger partial charge in [-0.2, -0.15) is 0 Å². The number of amides is 1. The topological polar surface area (TPSA) is 32.3 Å². The van der Waals surface area contributed by atoms with E-state index in [1.807, 2.05) is 0 Å². The summed E-state index contributed by atoms with van der Waals surface area (Å²) in [7, 11) is 0. The van der Waals surface area contributed by atoms with Crippen LogP contribution in [0.5, 0.6) is 0 Å². The zero-order chi connectivity index (χ0) is 18.9. The van der Waals surface area contributed by atoms with Crippen molar-refractivity contribution in [2.45, 2.75) is 44.2 Å². The van der Waals surface area contributed by atoms with E-state index in [2.05, 4.69) is 64.1 Å². The number of carbonyl (C=O) groups is 1. The lowest BCUT2D eigenvalue weighted by atomic mass is 9.83. The number of hydrogen-bond donors (Lipinski definition) is 1. The van der Waals surface area contributed by atoms with E-state index in [0.29, 0.717) is 12.5 Å². The summed E-state index contributed by atoms with van der Waals surface area (Å²) in [6, 6.07) is 17.6. The van der Waals surface area contributed by atoms with Gasteiger partial charge in [-0.1, -0.05) is 36.4 Å². The number of hydrogen-bond acceptors (Lipinski definition) is 3. The van der Waals surface area contributed by atoms with Crippen molar-refractivity contribution in [2.75, 3.05) is 13.1 Å². The molecule has 1 fully saturated rings. The van der Waals surface area contributed by atoms with Crippen molar-refractivity contribution in [2.24, 2.45) is 0 Å². The molecule has 1 amide bonds. The van der Waals surface area contributed by atoms with E-state index < -0.39 is 0 Å². The number of likely N-dealkylation sites (tertiary alicyclic amines) is 1. The van der Waals surface area contributed by atoms with Crippen molar-refractivity contribution < 1.29 is 4.79 Å². The molecule has 0 radical (unpaired) electrons. The highest BCUT2D eigenvalue weighted by atomic mass is 32.1. The smallest absolute Gasteiger partial charge is 0.224 e. The van der Waals surface area contributed by atoms with Crippen LogP contribution in [-0.4, -0.2) is 29.9 Å². The van der Waals surface area contributed by atoms with Gasteiger partial charge in [0.2, 0.25) is 5.91 Å². The van der Waals surface area contributed by atoms with Gasteiger partial charge in [-0.3, -0.25) is 9.69 Å². The van der Waals surface area contributed by atoms with Crippen molar-refractivity contribution in [3.8, 4) is 0 Å². The lowest BCUT2D eigenvalue weighted by Crippen LogP contribution is -2.48. The minimum atomic E-state index is 0.0947. The highest BCUT2D eigenvalue weighted by molar-refractivity contribution is 7.17. The lowest BCUT2D eigenvalue weighted by Gasteiger charge is -2.39. The van der Waals surface area contributed by atoms with E-state index in [-0.39, 0.29) is 11.9 Å². The molecule has 1 aromatic heterocycles. The molecule has 1 aliphatic heterocycles. The molecule has 1 N–H and O–H groups in total. The number of rotatable bonds is 4. The molecule has 5 rings (SSSR count). The molecule has 144 valence electrons. The van der Waals surface area contributed by atoms with Crippen molar-refractivity contribution in [1.29, 1.82) is 0 Å². The van der Waals surface area contributed by atoms with Gasteiger partial charge >= 0.3 is 0 Å². The molecule has 2 aliphatic rings. The molecule has 2 atom stereocenters. The second-order valence-corrected chi connectivity index (χ2v) is 8.97. The Bertz CT molecular complexity index is 989. The van der Waals surface area contributed by atoms with Gasteiger partial charge in [0.15, 0.2) is 0 Å². The van der Waals surface area contributed by atoms with Gasteiger partial charge in [0, 0.05) is 10.7 Å². The first-order valence-electron chi connectivity index (χ1n) is 10.4. The van der Waals surface area contributed by atoms with Gasteiger partial charge in [0.1, 0.15) is 0 Å². The maximum Gasteiger partial charge on any atom is 0.224 e. The van der Waals surface area contributed by atoms with Gasteiger partial charge in [0.05, 0.1) is 12.5 Å². The van der Waals surface area contributed by atoms with Crippen LogP contribution < -0.4 is 5.32 Å². The van der Waals surface area contributed by atoms with Crippen molar-refractivity contribution >= 4 is 27.3 Å². The van der Waals surface area contributed by atoms with Crippen LogP contribution in [0, 0.1) is 0 Å². The molecule has 1 aliphatic carbocycles. The molecule has 1 saturated heterocycles. The van der Waals surface area contributed by atoms with Crippen LogP contribution in [0.3, 0.4) is 0 Å². The van der Waals surface area contributed by atoms with E-state index in [1.54, 1.807) is 11.3 Å². The zero-order valence-corrected chi connectivity index (χ0v) is 16.9. The Hall–Kier alpha value is -2.17.